The van der Waals surface area contributed by atoms with Crippen LogP contribution in [0.25, 0.3) is 11.3 Å². The number of benzene rings is 1. The van der Waals surface area contributed by atoms with E-state index in [4.69, 9.17) is 21.1 Å². The number of aromatic carboxylic acids is 1. The van der Waals surface area contributed by atoms with Gasteiger partial charge in [-0.2, -0.15) is 0 Å². The molecule has 0 aliphatic rings. The minimum Gasteiger partial charge on any atom is -0.475 e. The van der Waals surface area contributed by atoms with Crippen molar-refractivity contribution >= 4 is 33.5 Å². The Labute approximate surface area is 109 Å². The molecule has 0 fully saturated rings. The van der Waals surface area contributed by atoms with Gasteiger partial charge in [0.15, 0.2) is 5.82 Å². The quantitative estimate of drug-likeness (QED) is 0.844. The molecule has 1 aromatic carbocycles. The summed E-state index contributed by atoms with van der Waals surface area (Å²) in [5.41, 5.74) is 0.116. The first kappa shape index (κ1) is 12.1. The van der Waals surface area contributed by atoms with Crippen molar-refractivity contribution in [1.82, 2.24) is 0 Å². The van der Waals surface area contributed by atoms with Crippen LogP contribution in [0.15, 0.2) is 33.2 Å². The Bertz CT molecular complexity index is 594. The molecule has 1 N–H and O–H groups in total. The topological polar surface area (TPSA) is 50.4 Å². The lowest BCUT2D eigenvalue weighted by atomic mass is 10.1. The highest BCUT2D eigenvalue weighted by Crippen LogP contribution is 2.33. The van der Waals surface area contributed by atoms with Crippen molar-refractivity contribution in [2.24, 2.45) is 0 Å². The highest BCUT2D eigenvalue weighted by atomic mass is 79.9. The van der Waals surface area contributed by atoms with E-state index in [9.17, 15) is 9.18 Å². The molecule has 0 aliphatic carbocycles. The van der Waals surface area contributed by atoms with E-state index in [0.29, 0.717) is 4.47 Å². The van der Waals surface area contributed by atoms with Gasteiger partial charge in [0.1, 0.15) is 5.76 Å². The molecule has 88 valence electrons. The summed E-state index contributed by atoms with van der Waals surface area (Å²) in [4.78, 5) is 10.6. The summed E-state index contributed by atoms with van der Waals surface area (Å²) in [5, 5.41) is 8.62. The maximum atomic E-state index is 13.8. The van der Waals surface area contributed by atoms with Crippen molar-refractivity contribution in [3.8, 4) is 11.3 Å². The summed E-state index contributed by atoms with van der Waals surface area (Å²) in [5.74, 6) is -2.00. The molecule has 2 aromatic rings. The predicted molar refractivity (Wildman–Crippen MR) is 63.8 cm³/mol. The van der Waals surface area contributed by atoms with Crippen LogP contribution in [-0.2, 0) is 0 Å². The Morgan fingerprint density at radius 2 is 2.06 bits per heavy atom. The van der Waals surface area contributed by atoms with Gasteiger partial charge in [-0.3, -0.25) is 0 Å². The van der Waals surface area contributed by atoms with Crippen LogP contribution in [0.4, 0.5) is 4.39 Å². The summed E-state index contributed by atoms with van der Waals surface area (Å²) in [6.45, 7) is 0. The van der Waals surface area contributed by atoms with Crippen molar-refractivity contribution in [3.63, 3.8) is 0 Å². The van der Waals surface area contributed by atoms with Gasteiger partial charge < -0.3 is 9.52 Å². The van der Waals surface area contributed by atoms with Crippen LogP contribution in [-0.4, -0.2) is 11.1 Å². The second-order valence-electron chi connectivity index (χ2n) is 3.19. The minimum absolute atomic E-state index is 0.0734. The molecular formula is C11H5BrClFO3. The molecule has 0 radical (unpaired) electrons. The van der Waals surface area contributed by atoms with Crippen molar-refractivity contribution in [3.05, 3.63) is 45.3 Å². The Hall–Kier alpha value is -1.33. The van der Waals surface area contributed by atoms with Gasteiger partial charge in [-0.1, -0.05) is 11.6 Å². The first-order valence-electron chi connectivity index (χ1n) is 4.47. The lowest BCUT2D eigenvalue weighted by Gasteiger charge is -2.03. The predicted octanol–water partition coefficient (Wildman–Crippen LogP) is 4.20. The normalized spacial score (nSPS) is 10.5. The average Bonchev–Trinajstić information content (AvgIpc) is 2.75. The third-order valence-electron chi connectivity index (χ3n) is 2.12. The fourth-order valence-corrected chi connectivity index (χ4v) is 1.78. The monoisotopic (exact) mass is 318 g/mol. The summed E-state index contributed by atoms with van der Waals surface area (Å²) in [7, 11) is 0. The van der Waals surface area contributed by atoms with Gasteiger partial charge in [0.05, 0.1) is 10.6 Å². The summed E-state index contributed by atoms with van der Waals surface area (Å²) in [6.07, 6.45) is 0. The SMILES string of the molecule is O=C(O)c1ccc(-c2ccc(Br)c(Cl)c2F)o1. The zero-order chi connectivity index (χ0) is 12.6. The van der Waals surface area contributed by atoms with Crippen molar-refractivity contribution in [2.45, 2.75) is 0 Å². The summed E-state index contributed by atoms with van der Waals surface area (Å²) >= 11 is 8.81. The minimum atomic E-state index is -1.21. The zero-order valence-electron chi connectivity index (χ0n) is 8.21. The Kier molecular flexibility index (Phi) is 3.22. The van der Waals surface area contributed by atoms with E-state index in [0.717, 1.165) is 0 Å². The number of carbonyl (C=O) groups is 1. The Balaban J connectivity index is 2.53. The number of hydrogen-bond acceptors (Lipinski definition) is 2. The molecule has 0 unspecified atom stereocenters. The number of hydrogen-bond donors (Lipinski definition) is 1. The standard InChI is InChI=1S/C11H5BrClFO3/c12-6-2-1-5(10(14)9(6)13)7-3-4-8(17-7)11(15)16/h1-4H,(H,15,16). The fourth-order valence-electron chi connectivity index (χ4n) is 1.31. The third kappa shape index (κ3) is 2.21. The average molecular weight is 320 g/mol. The second-order valence-corrected chi connectivity index (χ2v) is 4.42. The van der Waals surface area contributed by atoms with Crippen LogP contribution in [0.5, 0.6) is 0 Å². The molecule has 2 rings (SSSR count). The van der Waals surface area contributed by atoms with E-state index >= 15 is 0 Å². The van der Waals surface area contributed by atoms with Crippen LogP contribution < -0.4 is 0 Å². The van der Waals surface area contributed by atoms with Crippen molar-refractivity contribution < 1.29 is 18.7 Å². The van der Waals surface area contributed by atoms with Gasteiger partial charge in [0, 0.05) is 4.47 Å². The first-order valence-corrected chi connectivity index (χ1v) is 5.65. The fraction of sp³-hybridized carbons (Fsp3) is 0. The lowest BCUT2D eigenvalue weighted by molar-refractivity contribution is 0.0663. The molecule has 0 saturated carbocycles. The van der Waals surface area contributed by atoms with Gasteiger partial charge in [-0.05, 0) is 40.2 Å². The number of furan rings is 1. The summed E-state index contributed by atoms with van der Waals surface area (Å²) < 4.78 is 19.2. The third-order valence-corrected chi connectivity index (χ3v) is 3.38. The highest BCUT2D eigenvalue weighted by Gasteiger charge is 2.16. The number of carboxylic acid groups (broad SMARTS) is 1. The molecule has 1 heterocycles. The molecule has 0 spiro atoms. The van der Waals surface area contributed by atoms with Crippen LogP contribution in [0.1, 0.15) is 10.6 Å². The lowest BCUT2D eigenvalue weighted by Crippen LogP contribution is -1.91. The van der Waals surface area contributed by atoms with Gasteiger partial charge in [-0.15, -0.1) is 0 Å². The Morgan fingerprint density at radius 1 is 1.35 bits per heavy atom. The number of halogens is 3. The first-order chi connectivity index (χ1) is 8.00. The molecule has 0 amide bonds. The van der Waals surface area contributed by atoms with E-state index in [1.165, 1.54) is 18.2 Å². The van der Waals surface area contributed by atoms with E-state index in [2.05, 4.69) is 15.9 Å². The molecule has 3 nitrogen and oxygen atoms in total. The maximum absolute atomic E-state index is 13.8. The Morgan fingerprint density at radius 3 is 2.65 bits per heavy atom. The van der Waals surface area contributed by atoms with Gasteiger partial charge in [0.2, 0.25) is 5.76 Å². The smallest absolute Gasteiger partial charge is 0.371 e. The van der Waals surface area contributed by atoms with Crippen LogP contribution in [0.3, 0.4) is 0 Å². The van der Waals surface area contributed by atoms with E-state index in [1.54, 1.807) is 6.07 Å². The van der Waals surface area contributed by atoms with Crippen LogP contribution in [0, 0.1) is 5.82 Å². The molecule has 1 aromatic heterocycles. The van der Waals surface area contributed by atoms with E-state index in [1.807, 2.05) is 0 Å². The zero-order valence-corrected chi connectivity index (χ0v) is 10.5. The van der Waals surface area contributed by atoms with E-state index in [-0.39, 0.29) is 22.1 Å². The molecule has 17 heavy (non-hydrogen) atoms. The largest absolute Gasteiger partial charge is 0.475 e. The summed E-state index contributed by atoms with van der Waals surface area (Å²) in [6, 6.07) is 5.65. The number of carboxylic acids is 1. The van der Waals surface area contributed by atoms with Gasteiger partial charge in [0.25, 0.3) is 0 Å². The molecule has 0 atom stereocenters. The second kappa shape index (κ2) is 4.50. The molecule has 0 bridgehead atoms. The molecular weight excluding hydrogens is 314 g/mol. The number of rotatable bonds is 2. The maximum Gasteiger partial charge on any atom is 0.371 e. The van der Waals surface area contributed by atoms with Crippen LogP contribution >= 0.6 is 27.5 Å². The van der Waals surface area contributed by atoms with Gasteiger partial charge >= 0.3 is 5.97 Å². The highest BCUT2D eigenvalue weighted by molar-refractivity contribution is 9.10. The molecule has 0 saturated heterocycles. The van der Waals surface area contributed by atoms with Gasteiger partial charge in [-0.25, -0.2) is 9.18 Å². The molecule has 0 aliphatic heterocycles. The molecule has 6 heteroatoms. The van der Waals surface area contributed by atoms with Crippen LogP contribution in [0.2, 0.25) is 5.02 Å². The van der Waals surface area contributed by atoms with Crippen molar-refractivity contribution in [1.29, 1.82) is 0 Å². The van der Waals surface area contributed by atoms with E-state index < -0.39 is 11.8 Å². The van der Waals surface area contributed by atoms with Crippen molar-refractivity contribution in [2.75, 3.05) is 0 Å².